The lowest BCUT2D eigenvalue weighted by molar-refractivity contribution is -0.120. The maximum absolute atomic E-state index is 11.9. The molecule has 2 heterocycles. The highest BCUT2D eigenvalue weighted by molar-refractivity contribution is 7.09. The first kappa shape index (κ1) is 16.3. The summed E-state index contributed by atoms with van der Waals surface area (Å²) in [6, 6.07) is 7.80. The van der Waals surface area contributed by atoms with Crippen molar-refractivity contribution in [3.63, 3.8) is 0 Å². The topological polar surface area (TPSA) is 79.8 Å². The first-order valence-corrected chi connectivity index (χ1v) is 8.71. The van der Waals surface area contributed by atoms with Crippen LogP contribution < -0.4 is 10.6 Å². The molecule has 2 N–H and O–H groups in total. The van der Waals surface area contributed by atoms with Crippen molar-refractivity contribution in [3.8, 4) is 0 Å². The molecule has 6 nitrogen and oxygen atoms in total. The van der Waals surface area contributed by atoms with Gasteiger partial charge >= 0.3 is 0 Å². The van der Waals surface area contributed by atoms with Gasteiger partial charge in [-0.15, -0.1) is 11.3 Å². The summed E-state index contributed by atoms with van der Waals surface area (Å²) in [6.45, 7) is 3.12. The molecule has 0 saturated heterocycles. The van der Waals surface area contributed by atoms with Crippen LogP contribution in [0.4, 0.5) is 5.82 Å². The molecule has 1 amide bonds. The van der Waals surface area contributed by atoms with Gasteiger partial charge in [0.25, 0.3) is 0 Å². The van der Waals surface area contributed by atoms with E-state index in [1.807, 2.05) is 36.6 Å². The molecule has 2 aromatic heterocycles. The zero-order chi connectivity index (χ0) is 16.8. The quantitative estimate of drug-likeness (QED) is 0.690. The smallest absolute Gasteiger partial charge is 0.221 e. The Bertz CT molecular complexity index is 827. The van der Waals surface area contributed by atoms with Crippen LogP contribution in [0.3, 0.4) is 0 Å². The maximum Gasteiger partial charge on any atom is 0.221 e. The van der Waals surface area contributed by atoms with Crippen molar-refractivity contribution in [1.82, 2.24) is 20.3 Å². The number of rotatable bonds is 7. The Morgan fingerprint density at radius 3 is 2.92 bits per heavy atom. The molecule has 0 spiro atoms. The second-order valence-corrected chi connectivity index (χ2v) is 6.34. The Balaban J connectivity index is 1.43. The molecule has 0 saturated carbocycles. The van der Waals surface area contributed by atoms with Gasteiger partial charge in [0.05, 0.1) is 10.5 Å². The van der Waals surface area contributed by atoms with Crippen molar-refractivity contribution in [3.05, 3.63) is 46.7 Å². The molecule has 0 aliphatic heterocycles. The number of benzene rings is 1. The third-order valence-corrected chi connectivity index (χ3v) is 4.54. The number of aromatic nitrogens is 3. The molecule has 0 unspecified atom stereocenters. The van der Waals surface area contributed by atoms with Gasteiger partial charge in [-0.3, -0.25) is 4.79 Å². The van der Waals surface area contributed by atoms with Gasteiger partial charge in [-0.25, -0.2) is 15.0 Å². The molecule has 7 heteroatoms. The van der Waals surface area contributed by atoms with Gasteiger partial charge in [0.1, 0.15) is 12.1 Å². The van der Waals surface area contributed by atoms with Gasteiger partial charge in [-0.05, 0) is 19.1 Å². The fraction of sp³-hybridized carbons (Fsp3) is 0.294. The number of thiazole rings is 1. The highest BCUT2D eigenvalue weighted by atomic mass is 32.1. The monoisotopic (exact) mass is 341 g/mol. The van der Waals surface area contributed by atoms with E-state index in [0.29, 0.717) is 19.5 Å². The zero-order valence-electron chi connectivity index (χ0n) is 13.5. The molecule has 124 valence electrons. The van der Waals surface area contributed by atoms with E-state index in [9.17, 15) is 4.79 Å². The summed E-state index contributed by atoms with van der Waals surface area (Å²) in [6.07, 6.45) is 2.70. The average molecular weight is 341 g/mol. The van der Waals surface area contributed by atoms with E-state index in [0.717, 1.165) is 33.8 Å². The van der Waals surface area contributed by atoms with Crippen LogP contribution in [0.1, 0.15) is 17.1 Å². The minimum absolute atomic E-state index is 0.0224. The average Bonchev–Trinajstić information content (AvgIpc) is 3.00. The van der Waals surface area contributed by atoms with E-state index in [-0.39, 0.29) is 5.91 Å². The number of nitrogens with one attached hydrogen (secondary N) is 2. The Morgan fingerprint density at radius 2 is 2.08 bits per heavy atom. The molecule has 24 heavy (non-hydrogen) atoms. The predicted molar refractivity (Wildman–Crippen MR) is 96.2 cm³/mol. The molecule has 3 rings (SSSR count). The number of fused-ring (bicyclic) bond motifs is 1. The van der Waals surface area contributed by atoms with Gasteiger partial charge in [0.2, 0.25) is 5.91 Å². The number of nitrogens with zero attached hydrogens (tertiary/aromatic N) is 3. The van der Waals surface area contributed by atoms with Crippen LogP contribution in [0, 0.1) is 6.92 Å². The summed E-state index contributed by atoms with van der Waals surface area (Å²) in [5.74, 6) is 0.779. The fourth-order valence-corrected chi connectivity index (χ4v) is 3.13. The maximum atomic E-state index is 11.9. The Morgan fingerprint density at radius 1 is 1.21 bits per heavy atom. The summed E-state index contributed by atoms with van der Waals surface area (Å²) in [5.41, 5.74) is 1.92. The molecule has 1 aromatic carbocycles. The number of anilines is 1. The number of hydrogen-bond donors (Lipinski definition) is 2. The Hall–Kier alpha value is -2.54. The van der Waals surface area contributed by atoms with Crippen molar-refractivity contribution in [2.75, 3.05) is 18.4 Å². The number of hydrogen-bond acceptors (Lipinski definition) is 6. The van der Waals surface area contributed by atoms with E-state index in [1.165, 1.54) is 6.33 Å². The van der Waals surface area contributed by atoms with E-state index in [1.54, 1.807) is 11.3 Å². The van der Waals surface area contributed by atoms with Crippen molar-refractivity contribution < 1.29 is 4.79 Å². The minimum atomic E-state index is 0.0224. The molecular weight excluding hydrogens is 322 g/mol. The number of carbonyl (C=O) groups is 1. The van der Waals surface area contributed by atoms with Crippen LogP contribution in [0.2, 0.25) is 0 Å². The van der Waals surface area contributed by atoms with Crippen LogP contribution in [-0.2, 0) is 11.2 Å². The van der Waals surface area contributed by atoms with Crippen LogP contribution in [-0.4, -0.2) is 33.9 Å². The molecule has 0 aliphatic rings. The van der Waals surface area contributed by atoms with E-state index < -0.39 is 0 Å². The molecule has 0 radical (unpaired) electrons. The van der Waals surface area contributed by atoms with Crippen molar-refractivity contribution in [2.45, 2.75) is 19.8 Å². The largest absolute Gasteiger partial charge is 0.369 e. The number of para-hydroxylation sites is 1. The standard InChI is InChI=1S/C17H19N5OS/c1-12-10-24-16(22-12)7-9-18-15(23)6-8-19-17-13-4-2-3-5-14(13)20-11-21-17/h2-5,10-11H,6-9H2,1H3,(H,18,23)(H,19,20,21). The summed E-state index contributed by atoms with van der Waals surface area (Å²) >= 11 is 1.63. The third-order valence-electron chi connectivity index (χ3n) is 3.51. The van der Waals surface area contributed by atoms with Crippen molar-refractivity contribution in [1.29, 1.82) is 0 Å². The number of amides is 1. The zero-order valence-corrected chi connectivity index (χ0v) is 14.3. The number of carbonyl (C=O) groups excluding carboxylic acids is 1. The van der Waals surface area contributed by atoms with Gasteiger partial charge in [-0.1, -0.05) is 12.1 Å². The normalized spacial score (nSPS) is 10.7. The van der Waals surface area contributed by atoms with E-state index in [4.69, 9.17) is 0 Å². The second kappa shape index (κ2) is 7.83. The second-order valence-electron chi connectivity index (χ2n) is 5.40. The van der Waals surface area contributed by atoms with Gasteiger partial charge in [-0.2, -0.15) is 0 Å². The lowest BCUT2D eigenvalue weighted by Gasteiger charge is -2.08. The van der Waals surface area contributed by atoms with Crippen molar-refractivity contribution in [2.24, 2.45) is 0 Å². The Labute approximate surface area is 144 Å². The summed E-state index contributed by atoms with van der Waals surface area (Å²) < 4.78 is 0. The van der Waals surface area contributed by atoms with Gasteiger partial charge < -0.3 is 10.6 Å². The lowest BCUT2D eigenvalue weighted by atomic mass is 10.2. The lowest BCUT2D eigenvalue weighted by Crippen LogP contribution is -2.27. The van der Waals surface area contributed by atoms with E-state index >= 15 is 0 Å². The highest BCUT2D eigenvalue weighted by Crippen LogP contribution is 2.17. The summed E-state index contributed by atoms with van der Waals surface area (Å²) in [5, 5.41) is 10.2. The van der Waals surface area contributed by atoms with E-state index in [2.05, 4.69) is 25.6 Å². The predicted octanol–water partition coefficient (Wildman–Crippen LogP) is 2.56. The van der Waals surface area contributed by atoms with Crippen LogP contribution in [0.25, 0.3) is 10.9 Å². The van der Waals surface area contributed by atoms with Crippen molar-refractivity contribution >= 4 is 34.0 Å². The molecular formula is C17H19N5OS. The number of aryl methyl sites for hydroxylation is 1. The highest BCUT2D eigenvalue weighted by Gasteiger charge is 2.05. The molecule has 0 bridgehead atoms. The van der Waals surface area contributed by atoms with Crippen LogP contribution in [0.5, 0.6) is 0 Å². The Kier molecular flexibility index (Phi) is 5.32. The molecule has 3 aromatic rings. The molecule has 0 atom stereocenters. The summed E-state index contributed by atoms with van der Waals surface area (Å²) in [4.78, 5) is 24.7. The third kappa shape index (κ3) is 4.26. The van der Waals surface area contributed by atoms with Crippen LogP contribution in [0.15, 0.2) is 36.0 Å². The first-order chi connectivity index (χ1) is 11.7. The summed E-state index contributed by atoms with van der Waals surface area (Å²) in [7, 11) is 0. The fourth-order valence-electron chi connectivity index (χ4n) is 2.35. The molecule has 0 fully saturated rings. The van der Waals surface area contributed by atoms with Gasteiger partial charge in [0, 0.05) is 42.4 Å². The molecule has 0 aliphatic carbocycles. The SMILES string of the molecule is Cc1csc(CCNC(=O)CCNc2ncnc3ccccc23)n1. The first-order valence-electron chi connectivity index (χ1n) is 7.84. The minimum Gasteiger partial charge on any atom is -0.369 e. The van der Waals surface area contributed by atoms with Crippen LogP contribution >= 0.6 is 11.3 Å². The van der Waals surface area contributed by atoms with Gasteiger partial charge in [0.15, 0.2) is 0 Å².